The minimum absolute atomic E-state index is 0.144. The van der Waals surface area contributed by atoms with Gasteiger partial charge in [-0.25, -0.2) is 0 Å². The number of rotatable bonds is 6. The number of nitrogens with one attached hydrogen (secondary N) is 1. The van der Waals surface area contributed by atoms with Crippen LogP contribution in [0.5, 0.6) is 11.5 Å². The van der Waals surface area contributed by atoms with Gasteiger partial charge >= 0.3 is 0 Å². The van der Waals surface area contributed by atoms with Crippen molar-refractivity contribution in [2.45, 2.75) is 32.7 Å². The van der Waals surface area contributed by atoms with Crippen LogP contribution in [-0.4, -0.2) is 62.9 Å². The normalized spacial score (nSPS) is 18.8. The maximum atomic E-state index is 12.7. The van der Waals surface area contributed by atoms with Gasteiger partial charge in [0.25, 0.3) is 5.91 Å². The maximum Gasteiger partial charge on any atom is 0.251 e. The molecule has 0 aliphatic carbocycles. The molecule has 27 heavy (non-hydrogen) atoms. The third-order valence-corrected chi connectivity index (χ3v) is 5.15. The zero-order chi connectivity index (χ0) is 19.2. The standard InChI is InChI=1S/C20H29ClN2O4/c1-14(2)10-16(23-4-8-25-9-5-23)13-22-20(24)15-11-17(21)19-18(12-15)26-6-3-7-27-19/h11-12,14,16H,3-10,13H2,1-2H3,(H,22,24). The second kappa shape index (κ2) is 9.62. The molecule has 1 aromatic carbocycles. The van der Waals surface area contributed by atoms with Crippen LogP contribution in [0.15, 0.2) is 12.1 Å². The number of amides is 1. The smallest absolute Gasteiger partial charge is 0.251 e. The molecule has 0 spiro atoms. The predicted octanol–water partition coefficient (Wildman–Crippen LogP) is 2.98. The van der Waals surface area contributed by atoms with Gasteiger partial charge in [-0.05, 0) is 24.5 Å². The van der Waals surface area contributed by atoms with E-state index >= 15 is 0 Å². The first kappa shape index (κ1) is 20.2. The molecule has 0 saturated carbocycles. The lowest BCUT2D eigenvalue weighted by molar-refractivity contribution is 0.0124. The molecule has 1 saturated heterocycles. The largest absolute Gasteiger partial charge is 0.489 e. The highest BCUT2D eigenvalue weighted by molar-refractivity contribution is 6.32. The Labute approximate surface area is 166 Å². The Morgan fingerprint density at radius 3 is 2.67 bits per heavy atom. The number of benzene rings is 1. The van der Waals surface area contributed by atoms with Crippen LogP contribution in [0.1, 0.15) is 37.0 Å². The van der Waals surface area contributed by atoms with Crippen molar-refractivity contribution >= 4 is 17.5 Å². The first-order chi connectivity index (χ1) is 13.0. The first-order valence-corrected chi connectivity index (χ1v) is 10.1. The molecule has 3 rings (SSSR count). The highest BCUT2D eigenvalue weighted by atomic mass is 35.5. The summed E-state index contributed by atoms with van der Waals surface area (Å²) in [5.74, 6) is 1.48. The van der Waals surface area contributed by atoms with E-state index in [0.29, 0.717) is 53.8 Å². The van der Waals surface area contributed by atoms with Crippen molar-refractivity contribution in [1.29, 1.82) is 0 Å². The molecule has 1 unspecified atom stereocenters. The number of carbonyl (C=O) groups excluding carboxylic acids is 1. The number of hydrogen-bond acceptors (Lipinski definition) is 5. The quantitative estimate of drug-likeness (QED) is 0.801. The third kappa shape index (κ3) is 5.50. The second-order valence-electron chi connectivity index (χ2n) is 7.48. The number of hydrogen-bond donors (Lipinski definition) is 1. The van der Waals surface area contributed by atoms with Gasteiger partial charge in [-0.15, -0.1) is 0 Å². The fourth-order valence-corrected chi connectivity index (χ4v) is 3.79. The van der Waals surface area contributed by atoms with Gasteiger partial charge in [0.2, 0.25) is 0 Å². The Bertz CT molecular complexity index is 647. The van der Waals surface area contributed by atoms with E-state index in [1.807, 2.05) is 0 Å². The summed E-state index contributed by atoms with van der Waals surface area (Å²) in [5, 5.41) is 3.48. The predicted molar refractivity (Wildman–Crippen MR) is 105 cm³/mol. The van der Waals surface area contributed by atoms with Crippen LogP contribution in [0.4, 0.5) is 0 Å². The van der Waals surface area contributed by atoms with Gasteiger partial charge in [-0.1, -0.05) is 25.4 Å². The van der Waals surface area contributed by atoms with E-state index in [0.717, 1.165) is 39.1 Å². The van der Waals surface area contributed by atoms with Crippen molar-refractivity contribution in [3.05, 3.63) is 22.7 Å². The Morgan fingerprint density at radius 2 is 1.93 bits per heavy atom. The van der Waals surface area contributed by atoms with E-state index in [9.17, 15) is 4.79 Å². The van der Waals surface area contributed by atoms with Crippen LogP contribution in [0.3, 0.4) is 0 Å². The minimum Gasteiger partial charge on any atom is -0.489 e. The van der Waals surface area contributed by atoms with Crippen LogP contribution in [0.2, 0.25) is 5.02 Å². The molecule has 1 N–H and O–H groups in total. The van der Waals surface area contributed by atoms with Crippen molar-refractivity contribution < 1.29 is 19.0 Å². The minimum atomic E-state index is -0.144. The summed E-state index contributed by atoms with van der Waals surface area (Å²) >= 11 is 6.31. The molecule has 2 aliphatic rings. The molecule has 1 atom stereocenters. The van der Waals surface area contributed by atoms with Crippen molar-refractivity contribution in [3.8, 4) is 11.5 Å². The van der Waals surface area contributed by atoms with Crippen LogP contribution >= 0.6 is 11.6 Å². The SMILES string of the molecule is CC(C)CC(CNC(=O)c1cc(Cl)c2c(c1)OCCCO2)N1CCOCC1. The highest BCUT2D eigenvalue weighted by Crippen LogP contribution is 2.37. The van der Waals surface area contributed by atoms with Gasteiger partial charge in [0.05, 0.1) is 31.5 Å². The van der Waals surface area contributed by atoms with Crippen LogP contribution in [0.25, 0.3) is 0 Å². The van der Waals surface area contributed by atoms with Crippen molar-refractivity contribution in [2.24, 2.45) is 5.92 Å². The zero-order valence-corrected chi connectivity index (χ0v) is 16.9. The molecule has 0 bridgehead atoms. The van der Waals surface area contributed by atoms with Crippen molar-refractivity contribution in [1.82, 2.24) is 10.2 Å². The first-order valence-electron chi connectivity index (χ1n) is 9.73. The lowest BCUT2D eigenvalue weighted by Crippen LogP contribution is -2.49. The Balaban J connectivity index is 1.66. The van der Waals surface area contributed by atoms with Crippen LogP contribution < -0.4 is 14.8 Å². The number of morpholine rings is 1. The summed E-state index contributed by atoms with van der Waals surface area (Å²) < 4.78 is 16.8. The summed E-state index contributed by atoms with van der Waals surface area (Å²) in [7, 11) is 0. The highest BCUT2D eigenvalue weighted by Gasteiger charge is 2.23. The van der Waals surface area contributed by atoms with E-state index in [2.05, 4.69) is 24.1 Å². The fraction of sp³-hybridized carbons (Fsp3) is 0.650. The number of fused-ring (bicyclic) bond motifs is 1. The molecule has 7 heteroatoms. The van der Waals surface area contributed by atoms with Crippen LogP contribution in [-0.2, 0) is 4.74 Å². The molecule has 2 heterocycles. The van der Waals surface area contributed by atoms with E-state index in [4.69, 9.17) is 25.8 Å². The van der Waals surface area contributed by atoms with Gasteiger partial charge < -0.3 is 19.5 Å². The van der Waals surface area contributed by atoms with Gasteiger partial charge in [-0.3, -0.25) is 9.69 Å². The van der Waals surface area contributed by atoms with Gasteiger partial charge in [0, 0.05) is 37.7 Å². The average Bonchev–Trinajstić information content (AvgIpc) is 2.91. The van der Waals surface area contributed by atoms with Gasteiger partial charge in [0.15, 0.2) is 11.5 Å². The van der Waals surface area contributed by atoms with Crippen LogP contribution in [0, 0.1) is 5.92 Å². The molecule has 0 aromatic heterocycles. The Kier molecular flexibility index (Phi) is 7.21. The average molecular weight is 397 g/mol. The lowest BCUT2D eigenvalue weighted by atomic mass is 10.0. The molecule has 1 aromatic rings. The molecule has 0 radical (unpaired) electrons. The fourth-order valence-electron chi connectivity index (χ4n) is 3.52. The topological polar surface area (TPSA) is 60.0 Å². The van der Waals surface area contributed by atoms with E-state index in [-0.39, 0.29) is 5.91 Å². The van der Waals surface area contributed by atoms with E-state index in [1.165, 1.54) is 0 Å². The summed E-state index contributed by atoms with van der Waals surface area (Å²) in [6.07, 6.45) is 1.82. The molecule has 2 aliphatic heterocycles. The lowest BCUT2D eigenvalue weighted by Gasteiger charge is -2.35. The Morgan fingerprint density at radius 1 is 1.19 bits per heavy atom. The molecule has 1 amide bonds. The summed E-state index contributed by atoms with van der Waals surface area (Å²) in [4.78, 5) is 15.1. The zero-order valence-electron chi connectivity index (χ0n) is 16.1. The van der Waals surface area contributed by atoms with Crippen molar-refractivity contribution in [2.75, 3.05) is 46.1 Å². The second-order valence-corrected chi connectivity index (χ2v) is 7.88. The number of halogens is 1. The molecule has 1 fully saturated rings. The summed E-state index contributed by atoms with van der Waals surface area (Å²) in [6.45, 7) is 9.45. The number of carbonyl (C=O) groups is 1. The third-order valence-electron chi connectivity index (χ3n) is 4.87. The molecular formula is C20H29ClN2O4. The summed E-state index contributed by atoms with van der Waals surface area (Å²) in [6, 6.07) is 3.67. The Hall–Kier alpha value is -1.50. The maximum absolute atomic E-state index is 12.7. The summed E-state index contributed by atoms with van der Waals surface area (Å²) in [5.41, 5.74) is 0.495. The molecular weight excluding hydrogens is 368 g/mol. The molecule has 6 nitrogen and oxygen atoms in total. The van der Waals surface area contributed by atoms with E-state index < -0.39 is 0 Å². The monoisotopic (exact) mass is 396 g/mol. The van der Waals surface area contributed by atoms with Crippen molar-refractivity contribution in [3.63, 3.8) is 0 Å². The number of ether oxygens (including phenoxy) is 3. The molecule has 150 valence electrons. The number of nitrogens with zero attached hydrogens (tertiary/aromatic N) is 1. The van der Waals surface area contributed by atoms with E-state index in [1.54, 1.807) is 12.1 Å². The van der Waals surface area contributed by atoms with Gasteiger partial charge in [0.1, 0.15) is 0 Å². The van der Waals surface area contributed by atoms with Gasteiger partial charge in [-0.2, -0.15) is 0 Å².